The van der Waals surface area contributed by atoms with Crippen LogP contribution in [-0.2, 0) is 0 Å². The summed E-state index contributed by atoms with van der Waals surface area (Å²) in [5, 5.41) is 3.09. The minimum atomic E-state index is 0.717. The number of aromatic nitrogens is 2. The lowest BCUT2D eigenvalue weighted by atomic mass is 9.92. The molecule has 0 N–H and O–H groups in total. The third-order valence-corrected chi connectivity index (χ3v) is 6.69. The normalized spacial score (nSPS) is 26.4. The molecule has 0 atom stereocenters. The summed E-state index contributed by atoms with van der Waals surface area (Å²) in [6.45, 7) is 2.66. The highest BCUT2D eigenvalue weighted by Crippen LogP contribution is 2.37. The molecule has 0 spiro atoms. The number of hydrogen-bond donors (Lipinski definition) is 0. The Kier molecular flexibility index (Phi) is 4.81. The summed E-state index contributed by atoms with van der Waals surface area (Å²) in [5.74, 6) is 0. The molecule has 2 heterocycles. The Morgan fingerprint density at radius 2 is 1.70 bits per heavy atom. The standard InChI is InChI=1S/C19H25N3S/c1-4-12-22(13-5-1)15-8-10-16(11-9-15)23-19-17-6-2-3-7-18(17)20-14-21-19/h2-3,6-7,14-16H,1,4-5,8-13H2. The van der Waals surface area contributed by atoms with Gasteiger partial charge in [-0.15, -0.1) is 11.8 Å². The van der Waals surface area contributed by atoms with Crippen molar-refractivity contribution in [1.29, 1.82) is 0 Å². The molecule has 0 radical (unpaired) electrons. The molecule has 23 heavy (non-hydrogen) atoms. The Labute approximate surface area is 142 Å². The van der Waals surface area contributed by atoms with Crippen LogP contribution in [0.15, 0.2) is 35.6 Å². The van der Waals surface area contributed by atoms with Gasteiger partial charge < -0.3 is 4.90 Å². The van der Waals surface area contributed by atoms with E-state index in [1.807, 2.05) is 17.8 Å². The lowest BCUT2D eigenvalue weighted by Gasteiger charge is -2.38. The van der Waals surface area contributed by atoms with Crippen molar-refractivity contribution in [2.75, 3.05) is 13.1 Å². The van der Waals surface area contributed by atoms with Gasteiger partial charge in [0, 0.05) is 16.7 Å². The van der Waals surface area contributed by atoms with E-state index in [-0.39, 0.29) is 0 Å². The van der Waals surface area contributed by atoms with Crippen LogP contribution in [0.4, 0.5) is 0 Å². The van der Waals surface area contributed by atoms with Gasteiger partial charge >= 0.3 is 0 Å². The average molecular weight is 327 g/mol. The number of piperidine rings is 1. The van der Waals surface area contributed by atoms with Gasteiger partial charge in [0.25, 0.3) is 0 Å². The van der Waals surface area contributed by atoms with Crippen LogP contribution in [0, 0.1) is 0 Å². The number of thioether (sulfide) groups is 1. The fourth-order valence-electron chi connectivity index (χ4n) is 4.04. The van der Waals surface area contributed by atoms with E-state index < -0.39 is 0 Å². The van der Waals surface area contributed by atoms with E-state index >= 15 is 0 Å². The largest absolute Gasteiger partial charge is 0.300 e. The summed E-state index contributed by atoms with van der Waals surface area (Å²) in [4.78, 5) is 11.7. The first-order valence-electron chi connectivity index (χ1n) is 9.00. The Morgan fingerprint density at radius 1 is 0.913 bits per heavy atom. The molecule has 4 heteroatoms. The highest BCUT2D eigenvalue weighted by Gasteiger charge is 2.27. The molecule has 2 fully saturated rings. The van der Waals surface area contributed by atoms with E-state index in [1.165, 1.54) is 63.4 Å². The molecule has 122 valence electrons. The Bertz CT molecular complexity index is 641. The molecule has 3 nitrogen and oxygen atoms in total. The highest BCUT2D eigenvalue weighted by atomic mass is 32.2. The van der Waals surface area contributed by atoms with E-state index in [0.29, 0.717) is 5.25 Å². The van der Waals surface area contributed by atoms with Crippen LogP contribution in [0.25, 0.3) is 10.9 Å². The van der Waals surface area contributed by atoms with Crippen LogP contribution in [0.2, 0.25) is 0 Å². The van der Waals surface area contributed by atoms with E-state index in [1.54, 1.807) is 6.33 Å². The highest BCUT2D eigenvalue weighted by molar-refractivity contribution is 8.00. The first-order valence-corrected chi connectivity index (χ1v) is 9.88. The number of nitrogens with zero attached hydrogens (tertiary/aromatic N) is 3. The molecule has 4 rings (SSSR count). The lowest BCUT2D eigenvalue weighted by Crippen LogP contribution is -2.41. The number of likely N-dealkylation sites (tertiary alicyclic amines) is 1. The van der Waals surface area contributed by atoms with Crippen molar-refractivity contribution in [3.05, 3.63) is 30.6 Å². The van der Waals surface area contributed by atoms with Gasteiger partial charge in [-0.1, -0.05) is 24.6 Å². The Hall–Kier alpha value is -1.13. The van der Waals surface area contributed by atoms with Crippen LogP contribution in [0.1, 0.15) is 44.9 Å². The van der Waals surface area contributed by atoms with Gasteiger partial charge in [0.1, 0.15) is 11.4 Å². The van der Waals surface area contributed by atoms with Gasteiger partial charge in [-0.05, 0) is 57.7 Å². The van der Waals surface area contributed by atoms with Gasteiger partial charge in [-0.3, -0.25) is 0 Å². The summed E-state index contributed by atoms with van der Waals surface area (Å²) < 4.78 is 0. The molecule has 1 aliphatic carbocycles. The average Bonchev–Trinajstić information content (AvgIpc) is 2.63. The maximum atomic E-state index is 4.55. The molecule has 1 aliphatic heterocycles. The molecule has 0 unspecified atom stereocenters. The second kappa shape index (κ2) is 7.18. The molecule has 0 bridgehead atoms. The van der Waals surface area contributed by atoms with Crippen LogP contribution >= 0.6 is 11.8 Å². The van der Waals surface area contributed by atoms with E-state index in [2.05, 4.69) is 33.1 Å². The van der Waals surface area contributed by atoms with E-state index in [4.69, 9.17) is 0 Å². The van der Waals surface area contributed by atoms with Gasteiger partial charge in [-0.2, -0.15) is 0 Å². The van der Waals surface area contributed by atoms with Crippen LogP contribution in [0.3, 0.4) is 0 Å². The summed E-state index contributed by atoms with van der Waals surface area (Å²) in [6.07, 6.45) is 11.3. The predicted octanol–water partition coefficient (Wildman–Crippen LogP) is 4.52. The number of benzene rings is 1. The second-order valence-corrected chi connectivity index (χ2v) is 8.13. The van der Waals surface area contributed by atoms with Gasteiger partial charge in [0.2, 0.25) is 0 Å². The van der Waals surface area contributed by atoms with Crippen molar-refractivity contribution < 1.29 is 0 Å². The predicted molar refractivity (Wildman–Crippen MR) is 96.9 cm³/mol. The molecule has 1 saturated heterocycles. The third kappa shape index (κ3) is 3.53. The van der Waals surface area contributed by atoms with Crippen LogP contribution < -0.4 is 0 Å². The van der Waals surface area contributed by atoms with Gasteiger partial charge in [0.05, 0.1) is 5.52 Å². The van der Waals surface area contributed by atoms with Gasteiger partial charge in [-0.25, -0.2) is 9.97 Å². The SMILES string of the molecule is c1ccc2c(SC3CCC(N4CCCCC4)CC3)ncnc2c1. The van der Waals surface area contributed by atoms with Crippen molar-refractivity contribution in [3.8, 4) is 0 Å². The smallest absolute Gasteiger partial charge is 0.117 e. The zero-order valence-electron chi connectivity index (χ0n) is 13.7. The quantitative estimate of drug-likeness (QED) is 0.775. The van der Waals surface area contributed by atoms with Crippen LogP contribution in [0.5, 0.6) is 0 Å². The Morgan fingerprint density at radius 3 is 2.52 bits per heavy atom. The van der Waals surface area contributed by atoms with E-state index in [9.17, 15) is 0 Å². The number of para-hydroxylation sites is 1. The van der Waals surface area contributed by atoms with Crippen molar-refractivity contribution in [2.24, 2.45) is 0 Å². The zero-order chi connectivity index (χ0) is 15.5. The third-order valence-electron chi connectivity index (χ3n) is 5.34. The molecule has 2 aromatic rings. The van der Waals surface area contributed by atoms with E-state index in [0.717, 1.165) is 16.6 Å². The first-order chi connectivity index (χ1) is 11.4. The molecular formula is C19H25N3S. The summed E-state index contributed by atoms with van der Waals surface area (Å²) in [7, 11) is 0. The topological polar surface area (TPSA) is 29.0 Å². The van der Waals surface area contributed by atoms with Crippen molar-refractivity contribution >= 4 is 22.7 Å². The molecule has 0 amide bonds. The first kappa shape index (κ1) is 15.4. The van der Waals surface area contributed by atoms with Crippen molar-refractivity contribution in [1.82, 2.24) is 14.9 Å². The second-order valence-electron chi connectivity index (χ2n) is 6.84. The van der Waals surface area contributed by atoms with Gasteiger partial charge in [0.15, 0.2) is 0 Å². The zero-order valence-corrected chi connectivity index (χ0v) is 14.5. The number of hydrogen-bond acceptors (Lipinski definition) is 4. The van der Waals surface area contributed by atoms with Crippen LogP contribution in [-0.4, -0.2) is 39.2 Å². The van der Waals surface area contributed by atoms with Crippen molar-refractivity contribution in [3.63, 3.8) is 0 Å². The Balaban J connectivity index is 1.39. The molecule has 1 aromatic heterocycles. The fraction of sp³-hybridized carbons (Fsp3) is 0.579. The monoisotopic (exact) mass is 327 g/mol. The molecular weight excluding hydrogens is 302 g/mol. The number of rotatable bonds is 3. The minimum Gasteiger partial charge on any atom is -0.300 e. The lowest BCUT2D eigenvalue weighted by molar-refractivity contribution is 0.132. The summed E-state index contributed by atoms with van der Waals surface area (Å²) in [6, 6.07) is 9.21. The summed E-state index contributed by atoms with van der Waals surface area (Å²) in [5.41, 5.74) is 1.06. The maximum Gasteiger partial charge on any atom is 0.117 e. The molecule has 1 aromatic carbocycles. The maximum absolute atomic E-state index is 4.55. The minimum absolute atomic E-state index is 0.717. The number of fused-ring (bicyclic) bond motifs is 1. The molecule has 1 saturated carbocycles. The summed E-state index contributed by atoms with van der Waals surface area (Å²) >= 11 is 1.97. The fourth-order valence-corrected chi connectivity index (χ4v) is 5.27. The molecule has 2 aliphatic rings. The van der Waals surface area contributed by atoms with Crippen molar-refractivity contribution in [2.45, 2.75) is 61.3 Å².